The topological polar surface area (TPSA) is 54.4 Å². The molecule has 0 fully saturated rings. The summed E-state index contributed by atoms with van der Waals surface area (Å²) in [4.78, 5) is 15.6. The fraction of sp³-hybridized carbons (Fsp3) is 0.0714. The van der Waals surface area contributed by atoms with Crippen molar-refractivity contribution < 1.29 is 4.79 Å². The Bertz CT molecular complexity index is 626. The van der Waals surface area contributed by atoms with Gasteiger partial charge in [0.05, 0.1) is 11.8 Å². The number of pyridine rings is 1. The van der Waals surface area contributed by atoms with Crippen LogP contribution in [-0.2, 0) is 0 Å². The summed E-state index contributed by atoms with van der Waals surface area (Å²) in [6.07, 6.45) is 3.12. The van der Waals surface area contributed by atoms with Crippen molar-refractivity contribution in [2.45, 2.75) is 6.92 Å². The Hall–Kier alpha value is -2.20. The van der Waals surface area contributed by atoms with Gasteiger partial charge in [-0.25, -0.2) is 10.4 Å². The largest absolute Gasteiger partial charge is 0.274 e. The van der Waals surface area contributed by atoms with Gasteiger partial charge in [0.25, 0.3) is 5.91 Å². The number of nitrogens with zero attached hydrogens (tertiary/aromatic N) is 2. The molecule has 1 N–H and O–H groups in total. The lowest BCUT2D eigenvalue weighted by Crippen LogP contribution is -2.18. The maximum Gasteiger partial charge on any atom is 0.274 e. The summed E-state index contributed by atoms with van der Waals surface area (Å²) < 4.78 is 0. The quantitative estimate of drug-likeness (QED) is 0.531. The molecular weight excluding hydrogens is 262 g/mol. The van der Waals surface area contributed by atoms with Crippen LogP contribution in [0, 0.1) is 6.92 Å². The number of amides is 1. The van der Waals surface area contributed by atoms with Crippen molar-refractivity contribution in [2.24, 2.45) is 5.10 Å². The van der Waals surface area contributed by atoms with E-state index in [2.05, 4.69) is 15.5 Å². The molecule has 0 bridgehead atoms. The number of nitrogens with one attached hydrogen (secondary N) is 1. The average Bonchev–Trinajstić information content (AvgIpc) is 2.41. The molecule has 0 aliphatic carbocycles. The van der Waals surface area contributed by atoms with Gasteiger partial charge in [-0.2, -0.15) is 5.10 Å². The average molecular weight is 274 g/mol. The summed E-state index contributed by atoms with van der Waals surface area (Å²) in [5.74, 6) is -0.386. The molecule has 2 aromatic rings. The molecule has 0 spiro atoms. The van der Waals surface area contributed by atoms with E-state index in [0.717, 1.165) is 11.1 Å². The molecule has 0 aliphatic rings. The van der Waals surface area contributed by atoms with Crippen LogP contribution in [0.5, 0.6) is 0 Å². The van der Waals surface area contributed by atoms with Crippen molar-refractivity contribution in [3.05, 3.63) is 64.4 Å². The zero-order valence-electron chi connectivity index (χ0n) is 10.3. The van der Waals surface area contributed by atoms with Gasteiger partial charge >= 0.3 is 0 Å². The lowest BCUT2D eigenvalue weighted by molar-refractivity contribution is 0.0955. The summed E-state index contributed by atoms with van der Waals surface area (Å²) in [6.45, 7) is 1.97. The molecule has 96 valence electrons. The minimum atomic E-state index is -0.386. The van der Waals surface area contributed by atoms with Crippen LogP contribution in [0.1, 0.15) is 21.5 Å². The maximum absolute atomic E-state index is 11.8. The Morgan fingerprint density at radius 2 is 2.11 bits per heavy atom. The highest BCUT2D eigenvalue weighted by atomic mass is 35.5. The van der Waals surface area contributed by atoms with Crippen molar-refractivity contribution in [1.29, 1.82) is 0 Å². The maximum atomic E-state index is 11.8. The van der Waals surface area contributed by atoms with E-state index in [9.17, 15) is 4.79 Å². The monoisotopic (exact) mass is 273 g/mol. The van der Waals surface area contributed by atoms with Gasteiger partial charge in [0.15, 0.2) is 0 Å². The van der Waals surface area contributed by atoms with E-state index in [1.165, 1.54) is 6.20 Å². The van der Waals surface area contributed by atoms with Gasteiger partial charge in [-0.15, -0.1) is 0 Å². The summed E-state index contributed by atoms with van der Waals surface area (Å²) in [5.41, 5.74) is 4.75. The Morgan fingerprint density at radius 1 is 1.32 bits per heavy atom. The lowest BCUT2D eigenvalue weighted by atomic mass is 10.1. The van der Waals surface area contributed by atoms with E-state index in [4.69, 9.17) is 11.6 Å². The smallest absolute Gasteiger partial charge is 0.267 e. The first-order valence-corrected chi connectivity index (χ1v) is 6.06. The molecular formula is C14H12ClN3O. The summed E-state index contributed by atoms with van der Waals surface area (Å²) >= 11 is 5.82. The van der Waals surface area contributed by atoms with E-state index in [1.807, 2.05) is 31.2 Å². The second-order valence-corrected chi connectivity index (χ2v) is 4.26. The van der Waals surface area contributed by atoms with Crippen LogP contribution in [0.4, 0.5) is 0 Å². The lowest BCUT2D eigenvalue weighted by Gasteiger charge is -2.01. The van der Waals surface area contributed by atoms with E-state index in [1.54, 1.807) is 18.3 Å². The van der Waals surface area contributed by atoms with E-state index < -0.39 is 0 Å². The number of hydrogen-bond acceptors (Lipinski definition) is 3. The normalized spacial score (nSPS) is 10.6. The Kier molecular flexibility index (Phi) is 4.26. The van der Waals surface area contributed by atoms with Crippen molar-refractivity contribution >= 4 is 23.7 Å². The summed E-state index contributed by atoms with van der Waals surface area (Å²) in [6, 6.07) is 11.0. The number of aromatic nitrogens is 1. The minimum absolute atomic E-state index is 0.158. The van der Waals surface area contributed by atoms with Gasteiger partial charge in [0.1, 0.15) is 5.15 Å². The molecule has 0 aliphatic heterocycles. The molecule has 4 nitrogen and oxygen atoms in total. The number of hydrazone groups is 1. The first-order valence-electron chi connectivity index (χ1n) is 5.68. The van der Waals surface area contributed by atoms with Gasteiger partial charge in [0, 0.05) is 6.20 Å². The molecule has 0 radical (unpaired) electrons. The standard InChI is InChI=1S/C14H12ClN3O/c1-10-5-2-3-6-11(10)9-17-18-14(19)12-7-4-8-16-13(12)15/h2-9H,1H3,(H,18,19). The molecule has 5 heteroatoms. The van der Waals surface area contributed by atoms with Crippen LogP contribution in [0.15, 0.2) is 47.7 Å². The molecule has 1 heterocycles. The van der Waals surface area contributed by atoms with E-state index in [-0.39, 0.29) is 11.1 Å². The predicted molar refractivity (Wildman–Crippen MR) is 75.5 cm³/mol. The number of halogens is 1. The van der Waals surface area contributed by atoms with Gasteiger partial charge in [-0.05, 0) is 30.2 Å². The van der Waals surface area contributed by atoms with Crippen LogP contribution in [0.25, 0.3) is 0 Å². The first-order chi connectivity index (χ1) is 9.18. The highest BCUT2D eigenvalue weighted by Gasteiger charge is 2.08. The molecule has 1 aromatic carbocycles. The Morgan fingerprint density at radius 3 is 2.84 bits per heavy atom. The van der Waals surface area contributed by atoms with Crippen molar-refractivity contribution in [3.63, 3.8) is 0 Å². The molecule has 0 atom stereocenters. The number of hydrogen-bond donors (Lipinski definition) is 1. The zero-order chi connectivity index (χ0) is 13.7. The number of carbonyl (C=O) groups is 1. The molecule has 0 saturated carbocycles. The minimum Gasteiger partial charge on any atom is -0.267 e. The fourth-order valence-electron chi connectivity index (χ4n) is 1.51. The SMILES string of the molecule is Cc1ccccc1C=NNC(=O)c1cccnc1Cl. The van der Waals surface area contributed by atoms with Gasteiger partial charge in [-0.1, -0.05) is 35.9 Å². The Balaban J connectivity index is 2.06. The Labute approximate surface area is 116 Å². The van der Waals surface area contributed by atoms with Crippen LogP contribution in [-0.4, -0.2) is 17.1 Å². The molecule has 19 heavy (non-hydrogen) atoms. The van der Waals surface area contributed by atoms with Crippen LogP contribution >= 0.6 is 11.6 Å². The van der Waals surface area contributed by atoms with Gasteiger partial charge in [-0.3, -0.25) is 4.79 Å². The summed E-state index contributed by atoms with van der Waals surface area (Å²) in [7, 11) is 0. The third kappa shape index (κ3) is 3.39. The fourth-order valence-corrected chi connectivity index (χ4v) is 1.71. The van der Waals surface area contributed by atoms with E-state index >= 15 is 0 Å². The molecule has 1 aromatic heterocycles. The number of benzene rings is 1. The van der Waals surface area contributed by atoms with Crippen LogP contribution in [0.2, 0.25) is 5.15 Å². The van der Waals surface area contributed by atoms with Crippen LogP contribution in [0.3, 0.4) is 0 Å². The number of aryl methyl sites for hydroxylation is 1. The third-order valence-corrected chi connectivity index (χ3v) is 2.86. The first kappa shape index (κ1) is 13.2. The second-order valence-electron chi connectivity index (χ2n) is 3.90. The highest BCUT2D eigenvalue weighted by Crippen LogP contribution is 2.10. The van der Waals surface area contributed by atoms with Crippen LogP contribution < -0.4 is 5.43 Å². The molecule has 1 amide bonds. The third-order valence-electron chi connectivity index (χ3n) is 2.56. The van der Waals surface area contributed by atoms with Crippen molar-refractivity contribution in [1.82, 2.24) is 10.4 Å². The highest BCUT2D eigenvalue weighted by molar-refractivity contribution is 6.32. The number of carbonyl (C=O) groups excluding carboxylic acids is 1. The second kappa shape index (κ2) is 6.11. The molecule has 2 rings (SSSR count). The summed E-state index contributed by atoms with van der Waals surface area (Å²) in [5, 5.41) is 4.07. The van der Waals surface area contributed by atoms with Gasteiger partial charge < -0.3 is 0 Å². The number of rotatable bonds is 3. The van der Waals surface area contributed by atoms with Crippen molar-refractivity contribution in [2.75, 3.05) is 0 Å². The molecule has 0 saturated heterocycles. The molecule has 0 unspecified atom stereocenters. The van der Waals surface area contributed by atoms with Gasteiger partial charge in [0.2, 0.25) is 0 Å². The zero-order valence-corrected chi connectivity index (χ0v) is 11.1. The van der Waals surface area contributed by atoms with E-state index in [0.29, 0.717) is 5.56 Å². The predicted octanol–water partition coefficient (Wildman–Crippen LogP) is 2.81. The van der Waals surface area contributed by atoms with Crippen molar-refractivity contribution in [3.8, 4) is 0 Å².